The highest BCUT2D eigenvalue weighted by molar-refractivity contribution is 7.89. The maximum atomic E-state index is 13.5. The summed E-state index contributed by atoms with van der Waals surface area (Å²) in [5, 5.41) is 9.07. The van der Waals surface area contributed by atoms with Crippen LogP contribution in [0, 0.1) is 11.7 Å². The number of aliphatic hydroxyl groups is 1. The molecule has 2 N–H and O–H groups in total. The minimum absolute atomic E-state index is 0.128. The van der Waals surface area contributed by atoms with E-state index in [1.807, 2.05) is 0 Å². The molecule has 0 aliphatic heterocycles. The van der Waals surface area contributed by atoms with Crippen molar-refractivity contribution in [3.8, 4) is 0 Å². The summed E-state index contributed by atoms with van der Waals surface area (Å²) >= 11 is 5.56. The van der Waals surface area contributed by atoms with Crippen molar-refractivity contribution in [2.24, 2.45) is 5.92 Å². The van der Waals surface area contributed by atoms with Crippen molar-refractivity contribution < 1.29 is 17.9 Å². The molecule has 0 saturated heterocycles. The quantitative estimate of drug-likeness (QED) is 0.870. The van der Waals surface area contributed by atoms with Crippen molar-refractivity contribution in [3.05, 3.63) is 29.0 Å². The molecule has 2 atom stereocenters. The molecule has 0 aliphatic rings. The van der Waals surface area contributed by atoms with E-state index in [0.717, 1.165) is 12.1 Å². The van der Waals surface area contributed by atoms with Gasteiger partial charge in [-0.2, -0.15) is 0 Å². The molecule has 0 amide bonds. The number of halogens is 2. The maximum absolute atomic E-state index is 13.5. The summed E-state index contributed by atoms with van der Waals surface area (Å²) in [5.41, 5.74) is 0. The molecule has 0 aromatic heterocycles. The van der Waals surface area contributed by atoms with Gasteiger partial charge in [0.25, 0.3) is 0 Å². The van der Waals surface area contributed by atoms with E-state index < -0.39 is 26.8 Å². The molecule has 0 aliphatic carbocycles. The van der Waals surface area contributed by atoms with Crippen LogP contribution in [-0.2, 0) is 10.0 Å². The van der Waals surface area contributed by atoms with Crippen molar-refractivity contribution >= 4 is 21.6 Å². The number of hydrogen-bond acceptors (Lipinski definition) is 3. The lowest BCUT2D eigenvalue weighted by Gasteiger charge is -2.19. The van der Waals surface area contributed by atoms with E-state index in [9.17, 15) is 12.8 Å². The number of nitrogens with one attached hydrogen (secondary N) is 1. The molecule has 0 heterocycles. The number of hydrogen-bond donors (Lipinski definition) is 2. The highest BCUT2D eigenvalue weighted by Crippen LogP contribution is 2.19. The van der Waals surface area contributed by atoms with Gasteiger partial charge in [-0.1, -0.05) is 18.5 Å². The van der Waals surface area contributed by atoms with Crippen LogP contribution < -0.4 is 4.72 Å². The van der Waals surface area contributed by atoms with Gasteiger partial charge in [-0.05, 0) is 31.0 Å². The van der Waals surface area contributed by atoms with E-state index in [-0.39, 0.29) is 17.5 Å². The zero-order chi connectivity index (χ0) is 13.9. The Balaban J connectivity index is 3.00. The van der Waals surface area contributed by atoms with Gasteiger partial charge in [0.1, 0.15) is 10.7 Å². The highest BCUT2D eigenvalue weighted by Gasteiger charge is 2.23. The molecule has 2 unspecified atom stereocenters. The molecule has 18 heavy (non-hydrogen) atoms. The van der Waals surface area contributed by atoms with Crippen molar-refractivity contribution in [3.63, 3.8) is 0 Å². The Labute approximate surface area is 111 Å². The summed E-state index contributed by atoms with van der Waals surface area (Å²) < 4.78 is 39.7. The fourth-order valence-electron chi connectivity index (χ4n) is 1.28. The molecular formula is C11H15ClFNO3S. The Hall–Kier alpha value is -0.690. The van der Waals surface area contributed by atoms with E-state index in [1.54, 1.807) is 13.8 Å². The largest absolute Gasteiger partial charge is 0.396 e. The van der Waals surface area contributed by atoms with Gasteiger partial charge in [-0.3, -0.25) is 0 Å². The molecule has 102 valence electrons. The summed E-state index contributed by atoms with van der Waals surface area (Å²) in [6, 6.07) is 2.85. The fraction of sp³-hybridized carbons (Fsp3) is 0.455. The van der Waals surface area contributed by atoms with Crippen LogP contribution in [0.25, 0.3) is 0 Å². The Kier molecular flexibility index (Phi) is 5.10. The normalized spacial score (nSPS) is 15.4. The van der Waals surface area contributed by atoms with Crippen molar-refractivity contribution in [1.29, 1.82) is 0 Å². The van der Waals surface area contributed by atoms with E-state index in [2.05, 4.69) is 4.72 Å². The maximum Gasteiger partial charge on any atom is 0.243 e. The van der Waals surface area contributed by atoms with Gasteiger partial charge in [-0.15, -0.1) is 0 Å². The average molecular weight is 296 g/mol. The Morgan fingerprint density at radius 2 is 2.06 bits per heavy atom. The second kappa shape index (κ2) is 5.97. The molecular weight excluding hydrogens is 281 g/mol. The predicted octanol–water partition coefficient (Wildman–Crippen LogP) is 1.77. The highest BCUT2D eigenvalue weighted by atomic mass is 35.5. The topological polar surface area (TPSA) is 66.4 Å². The lowest BCUT2D eigenvalue weighted by atomic mass is 10.1. The summed E-state index contributed by atoms with van der Waals surface area (Å²) in [5.74, 6) is -1.17. The molecule has 0 saturated carbocycles. The van der Waals surface area contributed by atoms with Gasteiger partial charge in [0.05, 0.1) is 0 Å². The number of aliphatic hydroxyl groups excluding tert-OH is 1. The third kappa shape index (κ3) is 3.65. The first kappa shape index (κ1) is 15.4. The number of sulfonamides is 1. The molecule has 1 aromatic rings. The van der Waals surface area contributed by atoms with Crippen LogP contribution in [0.5, 0.6) is 0 Å². The van der Waals surface area contributed by atoms with Gasteiger partial charge in [0.2, 0.25) is 10.0 Å². The van der Waals surface area contributed by atoms with E-state index in [1.165, 1.54) is 6.07 Å². The fourth-order valence-corrected chi connectivity index (χ4v) is 2.85. The zero-order valence-electron chi connectivity index (χ0n) is 10.0. The first-order valence-corrected chi connectivity index (χ1v) is 7.22. The van der Waals surface area contributed by atoms with Crippen LogP contribution in [0.15, 0.2) is 23.1 Å². The molecule has 1 rings (SSSR count). The van der Waals surface area contributed by atoms with Gasteiger partial charge in [-0.25, -0.2) is 17.5 Å². The number of benzene rings is 1. The third-order valence-corrected chi connectivity index (χ3v) is 4.49. The minimum atomic E-state index is -3.96. The first-order chi connectivity index (χ1) is 8.27. The molecule has 0 bridgehead atoms. The molecule has 7 heteroatoms. The van der Waals surface area contributed by atoms with Crippen LogP contribution in [0.4, 0.5) is 4.39 Å². The lowest BCUT2D eigenvalue weighted by Crippen LogP contribution is -2.38. The number of rotatable bonds is 5. The van der Waals surface area contributed by atoms with Gasteiger partial charge >= 0.3 is 0 Å². The summed E-state index contributed by atoms with van der Waals surface area (Å²) in [4.78, 5) is -0.455. The van der Waals surface area contributed by atoms with Crippen molar-refractivity contribution in [1.82, 2.24) is 4.72 Å². The SMILES string of the molecule is CC(CO)C(C)NS(=O)(=O)c1ccc(Cl)cc1F. The molecule has 4 nitrogen and oxygen atoms in total. The molecule has 1 aromatic carbocycles. The summed E-state index contributed by atoms with van der Waals surface area (Å²) in [6.07, 6.45) is 0. The van der Waals surface area contributed by atoms with Gasteiger partial charge < -0.3 is 5.11 Å². The summed E-state index contributed by atoms with van der Waals surface area (Å²) in [6.45, 7) is 3.13. The Bertz CT molecular complexity index is 521. The van der Waals surface area contributed by atoms with E-state index >= 15 is 0 Å². The van der Waals surface area contributed by atoms with Crippen LogP contribution in [0.3, 0.4) is 0 Å². The Morgan fingerprint density at radius 1 is 1.44 bits per heavy atom. The van der Waals surface area contributed by atoms with Crippen LogP contribution in [0.2, 0.25) is 5.02 Å². The van der Waals surface area contributed by atoms with Crippen LogP contribution >= 0.6 is 11.6 Å². The monoisotopic (exact) mass is 295 g/mol. The van der Waals surface area contributed by atoms with Gasteiger partial charge in [0.15, 0.2) is 0 Å². The molecule has 0 fully saturated rings. The van der Waals surface area contributed by atoms with Crippen molar-refractivity contribution in [2.45, 2.75) is 24.8 Å². The van der Waals surface area contributed by atoms with E-state index in [4.69, 9.17) is 16.7 Å². The second-order valence-corrected chi connectivity index (χ2v) is 6.26. The lowest BCUT2D eigenvalue weighted by molar-refractivity contribution is 0.216. The zero-order valence-corrected chi connectivity index (χ0v) is 11.6. The third-order valence-electron chi connectivity index (χ3n) is 2.67. The van der Waals surface area contributed by atoms with Gasteiger partial charge in [0, 0.05) is 17.7 Å². The first-order valence-electron chi connectivity index (χ1n) is 5.36. The van der Waals surface area contributed by atoms with Crippen LogP contribution in [-0.4, -0.2) is 26.2 Å². The summed E-state index contributed by atoms with van der Waals surface area (Å²) in [7, 11) is -3.96. The average Bonchev–Trinajstić information content (AvgIpc) is 2.26. The van der Waals surface area contributed by atoms with Crippen molar-refractivity contribution in [2.75, 3.05) is 6.61 Å². The standard InChI is InChI=1S/C11H15ClFNO3S/c1-7(6-15)8(2)14-18(16,17)11-4-3-9(12)5-10(11)13/h3-5,7-8,14-15H,6H2,1-2H3. The molecule has 0 spiro atoms. The molecule has 0 radical (unpaired) electrons. The predicted molar refractivity (Wildman–Crippen MR) is 67.4 cm³/mol. The Morgan fingerprint density at radius 3 is 2.56 bits per heavy atom. The second-order valence-electron chi connectivity index (χ2n) is 4.14. The van der Waals surface area contributed by atoms with Crippen LogP contribution in [0.1, 0.15) is 13.8 Å². The smallest absolute Gasteiger partial charge is 0.243 e. The van der Waals surface area contributed by atoms with E-state index in [0.29, 0.717) is 0 Å². The minimum Gasteiger partial charge on any atom is -0.396 e.